The summed E-state index contributed by atoms with van der Waals surface area (Å²) in [6, 6.07) is 6.10. The highest BCUT2D eigenvalue weighted by molar-refractivity contribution is 6.04. The number of ketones is 1. The first kappa shape index (κ1) is 9.25. The first-order valence-electron chi connectivity index (χ1n) is 5.13. The lowest BCUT2D eigenvalue weighted by Crippen LogP contribution is -2.27. The molecule has 0 bridgehead atoms. The highest BCUT2D eigenvalue weighted by Gasteiger charge is 2.23. The van der Waals surface area contributed by atoms with Crippen LogP contribution in [0.5, 0.6) is 0 Å². The van der Waals surface area contributed by atoms with Crippen LogP contribution in [0, 0.1) is 5.92 Å². The van der Waals surface area contributed by atoms with E-state index >= 15 is 0 Å². The van der Waals surface area contributed by atoms with Gasteiger partial charge in [-0.3, -0.25) is 4.79 Å². The Morgan fingerprint density at radius 2 is 2.29 bits per heavy atom. The number of anilines is 1. The summed E-state index contributed by atoms with van der Waals surface area (Å²) < 4.78 is 0. The second kappa shape index (κ2) is 3.45. The molecule has 0 aliphatic carbocycles. The first-order valence-corrected chi connectivity index (χ1v) is 5.13. The van der Waals surface area contributed by atoms with E-state index in [0.29, 0.717) is 0 Å². The van der Waals surface area contributed by atoms with Crippen molar-refractivity contribution in [2.45, 2.75) is 20.3 Å². The van der Waals surface area contributed by atoms with Crippen molar-refractivity contribution < 1.29 is 4.79 Å². The van der Waals surface area contributed by atoms with Crippen LogP contribution >= 0.6 is 0 Å². The number of Topliss-reactive ketones (excluding diaryl/α,β-unsaturated/α-hetero) is 1. The van der Waals surface area contributed by atoms with E-state index in [-0.39, 0.29) is 11.7 Å². The van der Waals surface area contributed by atoms with Gasteiger partial charge in [-0.2, -0.15) is 0 Å². The molecular formula is C12H15NO. The summed E-state index contributed by atoms with van der Waals surface area (Å²) in [5.74, 6) is 0.378. The summed E-state index contributed by atoms with van der Waals surface area (Å²) in [4.78, 5) is 11.8. The molecule has 2 heteroatoms. The highest BCUT2D eigenvalue weighted by atomic mass is 16.1. The fourth-order valence-corrected chi connectivity index (χ4v) is 1.79. The number of rotatable bonds is 1. The fraction of sp³-hybridized carbons (Fsp3) is 0.417. The number of nitrogens with one attached hydrogen (secondary N) is 1. The summed E-state index contributed by atoms with van der Waals surface area (Å²) in [5, 5.41) is 3.27. The molecule has 1 aromatic carbocycles. The van der Waals surface area contributed by atoms with E-state index in [9.17, 15) is 4.79 Å². The molecule has 1 heterocycles. The number of carbonyl (C=O) groups is 1. The van der Waals surface area contributed by atoms with E-state index in [4.69, 9.17) is 0 Å². The minimum atomic E-state index is 0.106. The Morgan fingerprint density at radius 3 is 3.00 bits per heavy atom. The van der Waals surface area contributed by atoms with Gasteiger partial charge in [-0.25, -0.2) is 0 Å². The van der Waals surface area contributed by atoms with Crippen LogP contribution in [0.15, 0.2) is 18.2 Å². The van der Waals surface area contributed by atoms with Gasteiger partial charge in [-0.15, -0.1) is 0 Å². The van der Waals surface area contributed by atoms with Gasteiger partial charge in [-0.1, -0.05) is 19.9 Å². The molecule has 1 unspecified atom stereocenters. The van der Waals surface area contributed by atoms with Crippen LogP contribution < -0.4 is 5.32 Å². The Bertz CT molecular complexity index is 371. The third kappa shape index (κ3) is 1.41. The van der Waals surface area contributed by atoms with Gasteiger partial charge in [0, 0.05) is 23.7 Å². The smallest absolute Gasteiger partial charge is 0.169 e. The number of hydrogen-bond donors (Lipinski definition) is 1. The zero-order chi connectivity index (χ0) is 10.1. The average molecular weight is 189 g/mol. The summed E-state index contributed by atoms with van der Waals surface area (Å²) in [6.07, 6.45) is 0.981. The summed E-state index contributed by atoms with van der Waals surface area (Å²) in [7, 11) is 0. The maximum atomic E-state index is 11.8. The van der Waals surface area contributed by atoms with Gasteiger partial charge in [0.25, 0.3) is 0 Å². The number of benzene rings is 1. The first-order chi connectivity index (χ1) is 6.72. The molecule has 1 aromatic rings. The normalized spacial score (nSPS) is 20.1. The van der Waals surface area contributed by atoms with Gasteiger partial charge in [0.1, 0.15) is 0 Å². The molecule has 1 N–H and O–H groups in total. The zero-order valence-electron chi connectivity index (χ0n) is 8.63. The number of aryl methyl sites for hydroxylation is 1. The Kier molecular flexibility index (Phi) is 2.28. The third-order valence-corrected chi connectivity index (χ3v) is 2.80. The van der Waals surface area contributed by atoms with Crippen molar-refractivity contribution in [1.29, 1.82) is 0 Å². The molecule has 14 heavy (non-hydrogen) atoms. The third-order valence-electron chi connectivity index (χ3n) is 2.80. The van der Waals surface area contributed by atoms with Crippen LogP contribution in [-0.2, 0) is 6.42 Å². The summed E-state index contributed by atoms with van der Waals surface area (Å²) in [5.41, 5.74) is 3.08. The molecular weight excluding hydrogens is 174 g/mol. The standard InChI is InChI=1S/C12H15NO/c1-3-9-4-5-11-10(6-9)12(14)8(2)7-13-11/h4-6,8,13H,3,7H2,1-2H3. The van der Waals surface area contributed by atoms with E-state index in [1.165, 1.54) is 5.56 Å². The van der Waals surface area contributed by atoms with Crippen molar-refractivity contribution in [2.75, 3.05) is 11.9 Å². The molecule has 2 nitrogen and oxygen atoms in total. The van der Waals surface area contributed by atoms with Crippen LogP contribution in [-0.4, -0.2) is 12.3 Å². The van der Waals surface area contributed by atoms with Gasteiger partial charge in [0.05, 0.1) is 0 Å². The molecule has 1 aliphatic heterocycles. The molecule has 1 aliphatic rings. The molecule has 2 rings (SSSR count). The lowest BCUT2D eigenvalue weighted by Gasteiger charge is -2.22. The van der Waals surface area contributed by atoms with Gasteiger partial charge in [0.2, 0.25) is 0 Å². The van der Waals surface area contributed by atoms with Crippen molar-refractivity contribution >= 4 is 11.5 Å². The molecule has 0 spiro atoms. The van der Waals surface area contributed by atoms with Gasteiger partial charge in [0.15, 0.2) is 5.78 Å². The number of carbonyl (C=O) groups excluding carboxylic acids is 1. The molecule has 74 valence electrons. The van der Waals surface area contributed by atoms with E-state index in [0.717, 1.165) is 24.2 Å². The lowest BCUT2D eigenvalue weighted by atomic mass is 9.92. The lowest BCUT2D eigenvalue weighted by molar-refractivity contribution is 0.0932. The van der Waals surface area contributed by atoms with Crippen LogP contribution in [0.3, 0.4) is 0 Å². The predicted molar refractivity (Wildman–Crippen MR) is 57.8 cm³/mol. The average Bonchev–Trinajstić information content (AvgIpc) is 2.23. The molecule has 1 atom stereocenters. The SMILES string of the molecule is CCc1ccc2c(c1)C(=O)C(C)CN2. The van der Waals surface area contributed by atoms with Gasteiger partial charge < -0.3 is 5.32 Å². The van der Waals surface area contributed by atoms with Gasteiger partial charge in [-0.05, 0) is 24.1 Å². The highest BCUT2D eigenvalue weighted by Crippen LogP contribution is 2.25. The maximum Gasteiger partial charge on any atom is 0.169 e. The van der Waals surface area contributed by atoms with Crippen LogP contribution in [0.4, 0.5) is 5.69 Å². The van der Waals surface area contributed by atoms with Crippen LogP contribution in [0.25, 0.3) is 0 Å². The van der Waals surface area contributed by atoms with Crippen molar-refractivity contribution in [1.82, 2.24) is 0 Å². The van der Waals surface area contributed by atoms with E-state index in [1.54, 1.807) is 0 Å². The van der Waals surface area contributed by atoms with E-state index in [2.05, 4.69) is 18.3 Å². The van der Waals surface area contributed by atoms with Crippen molar-refractivity contribution in [3.05, 3.63) is 29.3 Å². The molecule has 0 radical (unpaired) electrons. The Hall–Kier alpha value is -1.31. The zero-order valence-corrected chi connectivity index (χ0v) is 8.63. The maximum absolute atomic E-state index is 11.8. The second-order valence-corrected chi connectivity index (χ2v) is 3.88. The molecule has 0 amide bonds. The summed E-state index contributed by atoms with van der Waals surface area (Å²) >= 11 is 0. The molecule has 0 saturated carbocycles. The molecule has 0 saturated heterocycles. The quantitative estimate of drug-likeness (QED) is 0.735. The second-order valence-electron chi connectivity index (χ2n) is 3.88. The molecule has 0 fully saturated rings. The number of hydrogen-bond acceptors (Lipinski definition) is 2. The van der Waals surface area contributed by atoms with Gasteiger partial charge >= 0.3 is 0 Å². The fourth-order valence-electron chi connectivity index (χ4n) is 1.79. The van der Waals surface area contributed by atoms with E-state index in [1.807, 2.05) is 19.1 Å². The van der Waals surface area contributed by atoms with Crippen molar-refractivity contribution in [3.8, 4) is 0 Å². The minimum Gasteiger partial charge on any atom is -0.384 e. The van der Waals surface area contributed by atoms with Crippen LogP contribution in [0.2, 0.25) is 0 Å². The summed E-state index contributed by atoms with van der Waals surface area (Å²) in [6.45, 7) is 4.83. The topological polar surface area (TPSA) is 29.1 Å². The minimum absolute atomic E-state index is 0.106. The molecule has 0 aromatic heterocycles. The van der Waals surface area contributed by atoms with Crippen LogP contribution in [0.1, 0.15) is 29.8 Å². The Morgan fingerprint density at radius 1 is 1.50 bits per heavy atom. The Balaban J connectivity index is 2.46. The number of fused-ring (bicyclic) bond motifs is 1. The van der Waals surface area contributed by atoms with Crippen molar-refractivity contribution in [2.24, 2.45) is 5.92 Å². The monoisotopic (exact) mass is 189 g/mol. The largest absolute Gasteiger partial charge is 0.384 e. The Labute approximate surface area is 84.3 Å². The predicted octanol–water partition coefficient (Wildman–Crippen LogP) is 2.49. The van der Waals surface area contributed by atoms with Crippen molar-refractivity contribution in [3.63, 3.8) is 0 Å². The van der Waals surface area contributed by atoms with E-state index < -0.39 is 0 Å².